The van der Waals surface area contributed by atoms with Crippen LogP contribution in [0.15, 0.2) is 36.4 Å². The fraction of sp³-hybridized carbons (Fsp3) is 0.188. The molecule has 0 atom stereocenters. The molecule has 0 radical (unpaired) electrons. The van der Waals surface area contributed by atoms with Gasteiger partial charge in [-0.15, -0.1) is 0 Å². The van der Waals surface area contributed by atoms with E-state index in [-0.39, 0.29) is 19.2 Å². The van der Waals surface area contributed by atoms with Gasteiger partial charge in [0, 0.05) is 16.7 Å². The van der Waals surface area contributed by atoms with Gasteiger partial charge in [0.1, 0.15) is 23.9 Å². The van der Waals surface area contributed by atoms with E-state index in [1.807, 2.05) is 0 Å². The lowest BCUT2D eigenvalue weighted by Crippen LogP contribution is -2.14. The number of carbonyl (C=O) groups excluding carboxylic acids is 1. The molecule has 3 rings (SSSR count). The molecule has 22 heavy (non-hydrogen) atoms. The van der Waals surface area contributed by atoms with Crippen LogP contribution in [-0.4, -0.2) is 12.7 Å². The minimum Gasteiger partial charge on any atom is -0.489 e. The maximum absolute atomic E-state index is 13.6. The molecule has 1 aliphatic rings. The number of nitrogens with two attached hydrogens (primary N) is 1. The second kappa shape index (κ2) is 6.03. The van der Waals surface area contributed by atoms with E-state index in [1.54, 1.807) is 24.3 Å². The molecule has 0 fully saturated rings. The molecule has 0 aliphatic carbocycles. The zero-order valence-corrected chi connectivity index (χ0v) is 11.7. The Balaban J connectivity index is 1.76. The van der Waals surface area contributed by atoms with Crippen LogP contribution in [0.25, 0.3) is 0 Å². The molecule has 2 N–H and O–H groups in total. The quantitative estimate of drug-likeness (QED) is 0.941. The number of ether oxygens (including phenoxy) is 3. The first-order chi connectivity index (χ1) is 10.6. The van der Waals surface area contributed by atoms with Gasteiger partial charge in [0.15, 0.2) is 6.79 Å². The molecule has 0 aromatic heterocycles. The lowest BCUT2D eigenvalue weighted by atomic mass is 10.1. The van der Waals surface area contributed by atoms with Gasteiger partial charge >= 0.3 is 0 Å². The van der Waals surface area contributed by atoms with E-state index in [0.717, 1.165) is 0 Å². The summed E-state index contributed by atoms with van der Waals surface area (Å²) in [6.45, 7) is 0.600. The van der Waals surface area contributed by atoms with Gasteiger partial charge in [-0.25, -0.2) is 4.39 Å². The van der Waals surface area contributed by atoms with Crippen molar-refractivity contribution in [3.8, 4) is 11.5 Å². The first-order valence-corrected chi connectivity index (χ1v) is 6.68. The van der Waals surface area contributed by atoms with Gasteiger partial charge in [0.2, 0.25) is 5.91 Å². The number of halogens is 1. The van der Waals surface area contributed by atoms with Gasteiger partial charge in [0.05, 0.1) is 6.61 Å². The topological polar surface area (TPSA) is 70.8 Å². The smallest absolute Gasteiger partial charge is 0.248 e. The van der Waals surface area contributed by atoms with Crippen molar-refractivity contribution >= 4 is 5.91 Å². The molecule has 1 aliphatic heterocycles. The summed E-state index contributed by atoms with van der Waals surface area (Å²) >= 11 is 0. The van der Waals surface area contributed by atoms with Crippen LogP contribution >= 0.6 is 0 Å². The zero-order chi connectivity index (χ0) is 15.5. The van der Waals surface area contributed by atoms with Gasteiger partial charge in [-0.2, -0.15) is 0 Å². The summed E-state index contributed by atoms with van der Waals surface area (Å²) in [4.78, 5) is 11.0. The van der Waals surface area contributed by atoms with Gasteiger partial charge in [-0.3, -0.25) is 4.79 Å². The van der Waals surface area contributed by atoms with Crippen LogP contribution in [0.4, 0.5) is 4.39 Å². The monoisotopic (exact) mass is 303 g/mol. The first-order valence-electron chi connectivity index (χ1n) is 6.68. The summed E-state index contributed by atoms with van der Waals surface area (Å²) in [7, 11) is 0. The number of carbonyl (C=O) groups is 1. The van der Waals surface area contributed by atoms with Gasteiger partial charge < -0.3 is 19.9 Å². The molecule has 5 nitrogen and oxygen atoms in total. The molecule has 0 spiro atoms. The zero-order valence-electron chi connectivity index (χ0n) is 11.7. The van der Waals surface area contributed by atoms with Crippen LogP contribution in [0.3, 0.4) is 0 Å². The molecule has 114 valence electrons. The highest BCUT2D eigenvalue weighted by atomic mass is 19.1. The third kappa shape index (κ3) is 3.01. The highest BCUT2D eigenvalue weighted by molar-refractivity contribution is 5.92. The standard InChI is InChI=1S/C16H14FNO4/c17-13-5-11-7-20-9-22-15(11)12(6-13)8-21-14-3-1-10(2-4-14)16(18)19/h1-6H,7-9H2,(H2,18,19). The lowest BCUT2D eigenvalue weighted by Gasteiger charge is -2.21. The second-order valence-corrected chi connectivity index (χ2v) is 4.84. The van der Waals surface area contributed by atoms with Crippen molar-refractivity contribution < 1.29 is 23.4 Å². The van der Waals surface area contributed by atoms with Crippen molar-refractivity contribution in [1.82, 2.24) is 0 Å². The van der Waals surface area contributed by atoms with Crippen LogP contribution in [0.1, 0.15) is 21.5 Å². The molecule has 0 saturated heterocycles. The SMILES string of the molecule is NC(=O)c1ccc(OCc2cc(F)cc3c2OCOC3)cc1. The van der Waals surface area contributed by atoms with Crippen LogP contribution in [-0.2, 0) is 18.0 Å². The molecule has 1 amide bonds. The number of hydrogen-bond acceptors (Lipinski definition) is 4. The lowest BCUT2D eigenvalue weighted by molar-refractivity contribution is -0.0178. The van der Waals surface area contributed by atoms with Crippen LogP contribution in [0, 0.1) is 5.82 Å². The van der Waals surface area contributed by atoms with Crippen molar-refractivity contribution in [2.24, 2.45) is 5.73 Å². The number of primary amides is 1. The summed E-state index contributed by atoms with van der Waals surface area (Å²) < 4.78 is 29.8. The summed E-state index contributed by atoms with van der Waals surface area (Å²) in [6, 6.07) is 9.18. The fourth-order valence-corrected chi connectivity index (χ4v) is 2.24. The first kappa shape index (κ1) is 14.3. The summed E-state index contributed by atoms with van der Waals surface area (Å²) in [5, 5.41) is 0. The Morgan fingerprint density at radius 1 is 1.27 bits per heavy atom. The van der Waals surface area contributed by atoms with Gasteiger partial charge in [-0.1, -0.05) is 0 Å². The molecule has 0 saturated carbocycles. The van der Waals surface area contributed by atoms with E-state index in [0.29, 0.717) is 34.8 Å². The summed E-state index contributed by atoms with van der Waals surface area (Å²) in [5.74, 6) is 0.283. The Bertz CT molecular complexity index is 700. The van der Waals surface area contributed by atoms with E-state index in [1.165, 1.54) is 12.1 Å². The minimum atomic E-state index is -0.501. The average Bonchev–Trinajstić information content (AvgIpc) is 2.52. The maximum atomic E-state index is 13.6. The van der Waals surface area contributed by atoms with Crippen molar-refractivity contribution in [3.63, 3.8) is 0 Å². The van der Waals surface area contributed by atoms with E-state index < -0.39 is 5.91 Å². The minimum absolute atomic E-state index is 0.138. The molecule has 0 bridgehead atoms. The molecular formula is C16H14FNO4. The Morgan fingerprint density at radius 2 is 2.05 bits per heavy atom. The predicted octanol–water partition coefficient (Wildman–Crippen LogP) is 2.37. The molecule has 2 aromatic rings. The third-order valence-electron chi connectivity index (χ3n) is 3.28. The normalized spacial score (nSPS) is 13.1. The predicted molar refractivity (Wildman–Crippen MR) is 76.0 cm³/mol. The fourth-order valence-electron chi connectivity index (χ4n) is 2.24. The van der Waals surface area contributed by atoms with Crippen LogP contribution in [0.5, 0.6) is 11.5 Å². The molecule has 0 unspecified atom stereocenters. The Hall–Kier alpha value is -2.60. The van der Waals surface area contributed by atoms with Crippen LogP contribution < -0.4 is 15.2 Å². The number of amides is 1. The largest absolute Gasteiger partial charge is 0.489 e. The van der Waals surface area contributed by atoms with Gasteiger partial charge in [-0.05, 0) is 36.4 Å². The highest BCUT2D eigenvalue weighted by Crippen LogP contribution is 2.30. The number of hydrogen-bond donors (Lipinski definition) is 1. The van der Waals surface area contributed by atoms with Crippen LogP contribution in [0.2, 0.25) is 0 Å². The molecule has 6 heteroatoms. The van der Waals surface area contributed by atoms with E-state index >= 15 is 0 Å². The molecule has 2 aromatic carbocycles. The average molecular weight is 303 g/mol. The van der Waals surface area contributed by atoms with E-state index in [4.69, 9.17) is 19.9 Å². The number of rotatable bonds is 4. The second-order valence-electron chi connectivity index (χ2n) is 4.84. The summed E-state index contributed by atoms with van der Waals surface area (Å²) in [5.41, 5.74) is 6.84. The Labute approximate surface area is 126 Å². The van der Waals surface area contributed by atoms with E-state index in [9.17, 15) is 9.18 Å². The highest BCUT2D eigenvalue weighted by Gasteiger charge is 2.17. The summed E-state index contributed by atoms with van der Waals surface area (Å²) in [6.07, 6.45) is 0. The van der Waals surface area contributed by atoms with Gasteiger partial charge in [0.25, 0.3) is 0 Å². The third-order valence-corrected chi connectivity index (χ3v) is 3.28. The Morgan fingerprint density at radius 3 is 2.77 bits per heavy atom. The Kier molecular flexibility index (Phi) is 3.93. The van der Waals surface area contributed by atoms with Crippen molar-refractivity contribution in [3.05, 3.63) is 58.9 Å². The molecular weight excluding hydrogens is 289 g/mol. The van der Waals surface area contributed by atoms with Crippen molar-refractivity contribution in [2.75, 3.05) is 6.79 Å². The van der Waals surface area contributed by atoms with Crippen molar-refractivity contribution in [2.45, 2.75) is 13.2 Å². The molecule has 1 heterocycles. The number of fused-ring (bicyclic) bond motifs is 1. The van der Waals surface area contributed by atoms with E-state index in [2.05, 4.69) is 0 Å². The number of benzene rings is 2. The maximum Gasteiger partial charge on any atom is 0.248 e. The van der Waals surface area contributed by atoms with Crippen molar-refractivity contribution in [1.29, 1.82) is 0 Å².